The molecule has 27 heavy (non-hydrogen) atoms. The first kappa shape index (κ1) is 17.3. The number of hydrogen-bond acceptors (Lipinski definition) is 5. The van der Waals surface area contributed by atoms with Crippen LogP contribution in [-0.2, 0) is 4.74 Å². The van der Waals surface area contributed by atoms with Crippen molar-refractivity contribution in [2.45, 2.75) is 13.8 Å². The number of aromatic nitrogens is 3. The molecule has 0 fully saturated rings. The third-order valence-electron chi connectivity index (χ3n) is 4.42. The van der Waals surface area contributed by atoms with Crippen molar-refractivity contribution in [2.24, 2.45) is 0 Å². The highest BCUT2D eigenvalue weighted by Gasteiger charge is 2.17. The van der Waals surface area contributed by atoms with Crippen molar-refractivity contribution in [1.82, 2.24) is 15.0 Å². The van der Waals surface area contributed by atoms with Gasteiger partial charge in [0.2, 0.25) is 0 Å². The van der Waals surface area contributed by atoms with Crippen molar-refractivity contribution >= 4 is 21.7 Å². The zero-order valence-electron chi connectivity index (χ0n) is 15.3. The Morgan fingerprint density at radius 3 is 2.67 bits per heavy atom. The molecule has 0 amide bonds. The minimum atomic E-state index is -0.463. The number of ether oxygens (including phenoxy) is 2. The smallest absolute Gasteiger partial charge is 0.188 e. The molecule has 0 N–H and O–H groups in total. The molecule has 136 valence electrons. The molecule has 0 bridgehead atoms. The van der Waals surface area contributed by atoms with Crippen molar-refractivity contribution in [2.75, 3.05) is 13.9 Å². The molecule has 0 unspecified atom stereocenters. The highest BCUT2D eigenvalue weighted by molar-refractivity contribution is 5.98. The summed E-state index contributed by atoms with van der Waals surface area (Å²) in [5.74, 6) is 0.648. The summed E-state index contributed by atoms with van der Waals surface area (Å²) in [7, 11) is 1.55. The molecular formula is C21H18FN3O2. The highest BCUT2D eigenvalue weighted by atomic mass is 19.1. The van der Waals surface area contributed by atoms with E-state index in [1.165, 1.54) is 0 Å². The lowest BCUT2D eigenvalue weighted by molar-refractivity contribution is 0.0512. The van der Waals surface area contributed by atoms with Crippen LogP contribution in [0.4, 0.5) is 4.39 Å². The van der Waals surface area contributed by atoms with E-state index in [0.717, 1.165) is 10.8 Å². The van der Waals surface area contributed by atoms with Crippen molar-refractivity contribution < 1.29 is 13.9 Å². The number of pyridine rings is 1. The summed E-state index contributed by atoms with van der Waals surface area (Å²) >= 11 is 0. The molecule has 2 aromatic heterocycles. The monoisotopic (exact) mass is 363 g/mol. The van der Waals surface area contributed by atoms with Crippen LogP contribution in [0.5, 0.6) is 5.75 Å². The SMILES string of the molecule is COCOc1cc(-c2ncc3c(C)nc(C)nc3c2F)c2ccccc2c1. The van der Waals surface area contributed by atoms with E-state index in [2.05, 4.69) is 15.0 Å². The van der Waals surface area contributed by atoms with Crippen LogP contribution in [0, 0.1) is 19.7 Å². The molecule has 0 saturated carbocycles. The van der Waals surface area contributed by atoms with E-state index in [1.807, 2.05) is 37.3 Å². The first-order valence-corrected chi connectivity index (χ1v) is 8.53. The van der Waals surface area contributed by atoms with Crippen LogP contribution >= 0.6 is 0 Å². The maximum absolute atomic E-state index is 15.4. The van der Waals surface area contributed by atoms with E-state index in [1.54, 1.807) is 26.3 Å². The van der Waals surface area contributed by atoms with Gasteiger partial charge in [-0.2, -0.15) is 0 Å². The average Bonchev–Trinajstić information content (AvgIpc) is 2.66. The van der Waals surface area contributed by atoms with E-state index >= 15 is 4.39 Å². The van der Waals surface area contributed by atoms with Crippen molar-refractivity contribution in [3.05, 3.63) is 59.9 Å². The number of methoxy groups -OCH3 is 1. The Hall–Kier alpha value is -3.12. The molecule has 0 atom stereocenters. The van der Waals surface area contributed by atoms with E-state index in [9.17, 15) is 0 Å². The Labute approximate surface area is 155 Å². The summed E-state index contributed by atoms with van der Waals surface area (Å²) in [6, 6.07) is 11.4. The van der Waals surface area contributed by atoms with Crippen LogP contribution in [-0.4, -0.2) is 28.9 Å². The standard InChI is InChI=1S/C21H18FN3O2/c1-12-18-10-23-20(19(22)21(18)25-13(2)24-12)17-9-15(27-11-26-3)8-14-6-4-5-7-16(14)17/h4-10H,11H2,1-3H3. The van der Waals surface area contributed by atoms with Crippen molar-refractivity contribution in [3.8, 4) is 17.0 Å². The van der Waals surface area contributed by atoms with Gasteiger partial charge in [0.25, 0.3) is 0 Å². The van der Waals surface area contributed by atoms with Crippen molar-refractivity contribution in [3.63, 3.8) is 0 Å². The second-order valence-corrected chi connectivity index (χ2v) is 6.28. The Bertz CT molecular complexity index is 1160. The maximum atomic E-state index is 15.4. The first-order valence-electron chi connectivity index (χ1n) is 8.53. The number of aryl methyl sites for hydroxylation is 2. The predicted molar refractivity (Wildman–Crippen MR) is 102 cm³/mol. The van der Waals surface area contributed by atoms with Gasteiger partial charge in [-0.15, -0.1) is 0 Å². The van der Waals surface area contributed by atoms with Crippen LogP contribution in [0.3, 0.4) is 0 Å². The van der Waals surface area contributed by atoms with Gasteiger partial charge >= 0.3 is 0 Å². The van der Waals surface area contributed by atoms with Crippen LogP contribution in [0.2, 0.25) is 0 Å². The van der Waals surface area contributed by atoms with Gasteiger partial charge in [0, 0.05) is 24.3 Å². The number of fused-ring (bicyclic) bond motifs is 2. The molecule has 0 aliphatic heterocycles. The number of nitrogens with zero attached hydrogens (tertiary/aromatic N) is 3. The van der Waals surface area contributed by atoms with E-state index < -0.39 is 5.82 Å². The fourth-order valence-electron chi connectivity index (χ4n) is 3.22. The minimum absolute atomic E-state index is 0.108. The minimum Gasteiger partial charge on any atom is -0.468 e. The Balaban J connectivity index is 2.00. The van der Waals surface area contributed by atoms with Gasteiger partial charge in [0.1, 0.15) is 22.8 Å². The number of hydrogen-bond donors (Lipinski definition) is 0. The average molecular weight is 363 g/mol. The second kappa shape index (κ2) is 6.89. The summed E-state index contributed by atoms with van der Waals surface area (Å²) < 4.78 is 26.0. The van der Waals surface area contributed by atoms with Crippen LogP contribution in [0.1, 0.15) is 11.5 Å². The van der Waals surface area contributed by atoms with Gasteiger partial charge in [-0.25, -0.2) is 14.4 Å². The quantitative estimate of drug-likeness (QED) is 0.497. The number of halogens is 1. The largest absolute Gasteiger partial charge is 0.468 e. The number of rotatable bonds is 4. The van der Waals surface area contributed by atoms with Crippen LogP contribution in [0.15, 0.2) is 42.6 Å². The zero-order valence-corrected chi connectivity index (χ0v) is 15.3. The lowest BCUT2D eigenvalue weighted by Crippen LogP contribution is -2.01. The van der Waals surface area contributed by atoms with Crippen LogP contribution < -0.4 is 4.74 Å². The first-order chi connectivity index (χ1) is 13.1. The summed E-state index contributed by atoms with van der Waals surface area (Å²) in [6.07, 6.45) is 1.62. The Kier molecular flexibility index (Phi) is 4.41. The predicted octanol–water partition coefficient (Wildman–Crippen LogP) is 4.58. The molecule has 2 heterocycles. The summed E-state index contributed by atoms with van der Waals surface area (Å²) in [5, 5.41) is 2.42. The third-order valence-corrected chi connectivity index (χ3v) is 4.42. The highest BCUT2D eigenvalue weighted by Crippen LogP contribution is 2.35. The van der Waals surface area contributed by atoms with E-state index in [-0.39, 0.29) is 18.0 Å². The lowest BCUT2D eigenvalue weighted by atomic mass is 10.00. The summed E-state index contributed by atoms with van der Waals surface area (Å²) in [4.78, 5) is 13.0. The molecule has 4 rings (SSSR count). The van der Waals surface area contributed by atoms with Crippen LogP contribution in [0.25, 0.3) is 32.9 Å². The van der Waals surface area contributed by atoms with E-state index in [0.29, 0.717) is 28.2 Å². The second-order valence-electron chi connectivity index (χ2n) is 6.28. The van der Waals surface area contributed by atoms with Gasteiger partial charge in [-0.05, 0) is 36.8 Å². The molecule has 0 saturated heterocycles. The molecule has 2 aromatic carbocycles. The van der Waals surface area contributed by atoms with Gasteiger partial charge in [-0.1, -0.05) is 24.3 Å². The van der Waals surface area contributed by atoms with Crippen molar-refractivity contribution in [1.29, 1.82) is 0 Å². The van der Waals surface area contributed by atoms with Gasteiger partial charge in [0.15, 0.2) is 12.6 Å². The Morgan fingerprint density at radius 2 is 1.85 bits per heavy atom. The fourth-order valence-corrected chi connectivity index (χ4v) is 3.22. The molecule has 5 nitrogen and oxygen atoms in total. The van der Waals surface area contributed by atoms with Gasteiger partial charge in [-0.3, -0.25) is 4.98 Å². The summed E-state index contributed by atoms with van der Waals surface area (Å²) in [5.41, 5.74) is 1.86. The maximum Gasteiger partial charge on any atom is 0.188 e. The topological polar surface area (TPSA) is 57.1 Å². The third kappa shape index (κ3) is 3.08. The normalized spacial score (nSPS) is 11.3. The summed E-state index contributed by atoms with van der Waals surface area (Å²) in [6.45, 7) is 3.68. The van der Waals surface area contributed by atoms with E-state index in [4.69, 9.17) is 9.47 Å². The van der Waals surface area contributed by atoms with Gasteiger partial charge < -0.3 is 9.47 Å². The molecular weight excluding hydrogens is 345 g/mol. The molecule has 0 radical (unpaired) electrons. The number of benzene rings is 2. The fraction of sp³-hybridized carbons (Fsp3) is 0.190. The lowest BCUT2D eigenvalue weighted by Gasteiger charge is -2.13. The molecule has 4 aromatic rings. The molecule has 0 spiro atoms. The molecule has 6 heteroatoms. The zero-order chi connectivity index (χ0) is 19.0. The van der Waals surface area contributed by atoms with Gasteiger partial charge in [0.05, 0.1) is 5.69 Å². The Morgan fingerprint density at radius 1 is 1.04 bits per heavy atom. The molecule has 0 aliphatic rings. The molecule has 0 aliphatic carbocycles.